The van der Waals surface area contributed by atoms with Crippen LogP contribution in [0.2, 0.25) is 5.02 Å². The largest absolute Gasteiger partial charge is 0.493 e. The van der Waals surface area contributed by atoms with E-state index in [0.29, 0.717) is 28.6 Å². The van der Waals surface area contributed by atoms with Crippen LogP contribution in [0.25, 0.3) is 0 Å². The van der Waals surface area contributed by atoms with Gasteiger partial charge in [0, 0.05) is 35.5 Å². The third-order valence-electron chi connectivity index (χ3n) is 4.41. The standard InChI is InChI=1S/C21H22BrClFN3O2/c1-28-20-10-15(12-25-6-3-8-27-9-7-26-14-27)17(22)11-21(20)29-13-16-18(23)4-2-5-19(16)24/h2,4-5,7,9-11,14,25H,3,6,8,12-13H2,1H3. The lowest BCUT2D eigenvalue weighted by molar-refractivity contribution is 0.279. The highest BCUT2D eigenvalue weighted by Gasteiger charge is 2.13. The van der Waals surface area contributed by atoms with Crippen LogP contribution in [-0.2, 0) is 19.7 Å². The molecule has 1 heterocycles. The first-order valence-corrected chi connectivity index (χ1v) is 10.3. The molecule has 0 spiro atoms. The molecule has 5 nitrogen and oxygen atoms in total. The fourth-order valence-electron chi connectivity index (χ4n) is 2.83. The summed E-state index contributed by atoms with van der Waals surface area (Å²) in [4.78, 5) is 4.03. The molecule has 3 rings (SSSR count). The van der Waals surface area contributed by atoms with Gasteiger partial charge in [0.1, 0.15) is 12.4 Å². The van der Waals surface area contributed by atoms with Gasteiger partial charge >= 0.3 is 0 Å². The van der Waals surface area contributed by atoms with Gasteiger partial charge in [-0.15, -0.1) is 0 Å². The number of ether oxygens (including phenoxy) is 2. The van der Waals surface area contributed by atoms with Crippen LogP contribution < -0.4 is 14.8 Å². The van der Waals surface area contributed by atoms with E-state index in [2.05, 4.69) is 30.8 Å². The number of hydrogen-bond donors (Lipinski definition) is 1. The van der Waals surface area contributed by atoms with Crippen LogP contribution in [-0.4, -0.2) is 23.2 Å². The number of halogens is 3. The molecule has 0 saturated carbocycles. The maximum absolute atomic E-state index is 14.0. The van der Waals surface area contributed by atoms with Crippen LogP contribution in [0.3, 0.4) is 0 Å². The fraction of sp³-hybridized carbons (Fsp3) is 0.286. The predicted octanol–water partition coefficient (Wildman–Crippen LogP) is 5.21. The Hall–Kier alpha value is -2.09. The molecule has 0 aliphatic carbocycles. The van der Waals surface area contributed by atoms with E-state index in [-0.39, 0.29) is 6.61 Å². The molecule has 2 aromatic carbocycles. The zero-order valence-corrected chi connectivity index (χ0v) is 18.3. The van der Waals surface area contributed by atoms with Gasteiger partial charge in [0.25, 0.3) is 0 Å². The van der Waals surface area contributed by atoms with Crippen molar-refractivity contribution in [1.82, 2.24) is 14.9 Å². The molecule has 0 bridgehead atoms. The number of methoxy groups -OCH3 is 1. The molecule has 0 saturated heterocycles. The Morgan fingerprint density at radius 2 is 2.14 bits per heavy atom. The molecule has 0 unspecified atom stereocenters. The van der Waals surface area contributed by atoms with Crippen molar-refractivity contribution in [3.05, 3.63) is 75.5 Å². The molecule has 0 aliphatic heterocycles. The minimum absolute atomic E-state index is 0.0140. The summed E-state index contributed by atoms with van der Waals surface area (Å²) in [7, 11) is 1.58. The van der Waals surface area contributed by atoms with Gasteiger partial charge in [-0.3, -0.25) is 0 Å². The lowest BCUT2D eigenvalue weighted by Gasteiger charge is -2.15. The maximum Gasteiger partial charge on any atom is 0.162 e. The lowest BCUT2D eigenvalue weighted by atomic mass is 10.2. The van der Waals surface area contributed by atoms with Gasteiger partial charge in [-0.2, -0.15) is 0 Å². The molecule has 29 heavy (non-hydrogen) atoms. The van der Waals surface area contributed by atoms with Crippen LogP contribution in [0.1, 0.15) is 17.5 Å². The van der Waals surface area contributed by atoms with Gasteiger partial charge in [-0.25, -0.2) is 9.37 Å². The summed E-state index contributed by atoms with van der Waals surface area (Å²) in [5, 5.41) is 3.75. The molecular weight excluding hydrogens is 461 g/mol. The highest BCUT2D eigenvalue weighted by molar-refractivity contribution is 9.10. The number of nitrogens with one attached hydrogen (secondary N) is 1. The molecule has 1 N–H and O–H groups in total. The van der Waals surface area contributed by atoms with Crippen molar-refractivity contribution >= 4 is 27.5 Å². The summed E-state index contributed by atoms with van der Waals surface area (Å²) < 4.78 is 28.1. The van der Waals surface area contributed by atoms with E-state index in [1.807, 2.05) is 24.7 Å². The first kappa shape index (κ1) is 21.6. The summed E-state index contributed by atoms with van der Waals surface area (Å²) >= 11 is 9.65. The third-order valence-corrected chi connectivity index (χ3v) is 5.50. The first-order chi connectivity index (χ1) is 14.1. The highest BCUT2D eigenvalue weighted by atomic mass is 79.9. The van der Waals surface area contributed by atoms with Crippen LogP contribution in [0.15, 0.2) is 53.5 Å². The van der Waals surface area contributed by atoms with Crippen molar-refractivity contribution in [2.45, 2.75) is 26.1 Å². The Kier molecular flexibility index (Phi) is 7.91. The monoisotopic (exact) mass is 481 g/mol. The predicted molar refractivity (Wildman–Crippen MR) is 115 cm³/mol. The lowest BCUT2D eigenvalue weighted by Crippen LogP contribution is -2.16. The minimum Gasteiger partial charge on any atom is -0.493 e. The summed E-state index contributed by atoms with van der Waals surface area (Å²) in [6.45, 7) is 2.49. The Morgan fingerprint density at radius 1 is 1.28 bits per heavy atom. The molecule has 0 radical (unpaired) electrons. The summed E-state index contributed by atoms with van der Waals surface area (Å²) in [5.41, 5.74) is 1.36. The van der Waals surface area contributed by atoms with Crippen molar-refractivity contribution in [2.75, 3.05) is 13.7 Å². The van der Waals surface area contributed by atoms with E-state index in [1.165, 1.54) is 6.07 Å². The molecule has 1 aromatic heterocycles. The topological polar surface area (TPSA) is 48.3 Å². The molecular formula is C21H22BrClFN3O2. The number of hydrogen-bond acceptors (Lipinski definition) is 4. The Bertz CT molecular complexity index is 918. The van der Waals surface area contributed by atoms with Crippen molar-refractivity contribution in [3.63, 3.8) is 0 Å². The van der Waals surface area contributed by atoms with Crippen molar-refractivity contribution in [2.24, 2.45) is 0 Å². The quantitative estimate of drug-likeness (QED) is 0.403. The molecule has 0 amide bonds. The molecule has 8 heteroatoms. The second-order valence-electron chi connectivity index (χ2n) is 6.41. The van der Waals surface area contributed by atoms with Gasteiger partial charge in [0.2, 0.25) is 0 Å². The zero-order valence-electron chi connectivity index (χ0n) is 16.0. The number of rotatable bonds is 10. The third kappa shape index (κ3) is 5.95. The van der Waals surface area contributed by atoms with Crippen molar-refractivity contribution in [1.29, 1.82) is 0 Å². The van der Waals surface area contributed by atoms with Gasteiger partial charge in [0.15, 0.2) is 11.5 Å². The first-order valence-electron chi connectivity index (χ1n) is 9.17. The molecule has 0 fully saturated rings. The van der Waals surface area contributed by atoms with Gasteiger partial charge in [-0.05, 0) is 42.8 Å². The normalized spacial score (nSPS) is 10.9. The van der Waals surface area contributed by atoms with E-state index in [1.54, 1.807) is 25.4 Å². The van der Waals surface area contributed by atoms with Gasteiger partial charge < -0.3 is 19.4 Å². The number of imidazole rings is 1. The van der Waals surface area contributed by atoms with Crippen molar-refractivity contribution in [3.8, 4) is 11.5 Å². The van der Waals surface area contributed by atoms with E-state index in [4.69, 9.17) is 21.1 Å². The minimum atomic E-state index is -0.396. The maximum atomic E-state index is 14.0. The number of aromatic nitrogens is 2. The summed E-state index contributed by atoms with van der Waals surface area (Å²) in [6, 6.07) is 8.30. The van der Waals surface area contributed by atoms with Gasteiger partial charge in [0.05, 0.1) is 18.5 Å². The molecule has 3 aromatic rings. The number of benzene rings is 2. The van der Waals surface area contributed by atoms with E-state index < -0.39 is 5.82 Å². The Morgan fingerprint density at radius 3 is 2.86 bits per heavy atom. The smallest absolute Gasteiger partial charge is 0.162 e. The summed E-state index contributed by atoms with van der Waals surface area (Å²) in [6.07, 6.45) is 6.54. The second-order valence-corrected chi connectivity index (χ2v) is 7.68. The number of aryl methyl sites for hydroxylation is 1. The summed E-state index contributed by atoms with van der Waals surface area (Å²) in [5.74, 6) is 0.700. The van der Waals surface area contributed by atoms with E-state index in [9.17, 15) is 4.39 Å². The molecule has 154 valence electrons. The van der Waals surface area contributed by atoms with Crippen LogP contribution >= 0.6 is 27.5 Å². The fourth-order valence-corrected chi connectivity index (χ4v) is 3.51. The number of nitrogens with zero attached hydrogens (tertiary/aromatic N) is 2. The molecule has 0 atom stereocenters. The molecule has 0 aliphatic rings. The van der Waals surface area contributed by atoms with E-state index in [0.717, 1.165) is 29.5 Å². The average Bonchev–Trinajstić information content (AvgIpc) is 3.22. The SMILES string of the molecule is COc1cc(CNCCCn2ccnc2)c(Br)cc1OCc1c(F)cccc1Cl. The van der Waals surface area contributed by atoms with Crippen LogP contribution in [0, 0.1) is 5.82 Å². The van der Waals surface area contributed by atoms with Gasteiger partial charge in [-0.1, -0.05) is 33.6 Å². The highest BCUT2D eigenvalue weighted by Crippen LogP contribution is 2.34. The van der Waals surface area contributed by atoms with Crippen molar-refractivity contribution < 1.29 is 13.9 Å². The zero-order chi connectivity index (χ0) is 20.6. The Balaban J connectivity index is 1.58. The van der Waals surface area contributed by atoms with Crippen LogP contribution in [0.4, 0.5) is 4.39 Å². The second kappa shape index (κ2) is 10.6. The van der Waals surface area contributed by atoms with E-state index >= 15 is 0 Å². The van der Waals surface area contributed by atoms with Crippen LogP contribution in [0.5, 0.6) is 11.5 Å². The Labute approximate surface area is 182 Å². The average molecular weight is 483 g/mol.